The Bertz CT molecular complexity index is 820. The van der Waals surface area contributed by atoms with Crippen LogP contribution in [-0.4, -0.2) is 41.9 Å². The first-order valence-corrected chi connectivity index (χ1v) is 10.5. The van der Waals surface area contributed by atoms with E-state index in [0.717, 1.165) is 31.2 Å². The second-order valence-corrected chi connectivity index (χ2v) is 7.73. The van der Waals surface area contributed by atoms with Crippen LogP contribution in [0.3, 0.4) is 0 Å². The van der Waals surface area contributed by atoms with Crippen LogP contribution in [0.4, 0.5) is 4.39 Å². The number of carbonyl (C=O) groups is 2. The predicted molar refractivity (Wildman–Crippen MR) is 114 cm³/mol. The average molecular weight is 413 g/mol. The largest absolute Gasteiger partial charge is 0.484 e. The number of rotatable bonds is 9. The van der Waals surface area contributed by atoms with Crippen molar-refractivity contribution in [2.45, 2.75) is 51.1 Å². The van der Waals surface area contributed by atoms with Gasteiger partial charge in [0.15, 0.2) is 6.61 Å². The summed E-state index contributed by atoms with van der Waals surface area (Å²) in [6, 6.07) is 15.0. The van der Waals surface area contributed by atoms with Gasteiger partial charge in [0.05, 0.1) is 0 Å². The molecule has 0 aromatic heterocycles. The number of carbonyl (C=O) groups excluding carboxylic acids is 2. The van der Waals surface area contributed by atoms with E-state index in [1.165, 1.54) is 24.3 Å². The summed E-state index contributed by atoms with van der Waals surface area (Å²) < 4.78 is 18.6. The number of benzene rings is 2. The second-order valence-electron chi connectivity index (χ2n) is 7.73. The summed E-state index contributed by atoms with van der Waals surface area (Å²) in [6.45, 7) is 1.96. The third-order valence-corrected chi connectivity index (χ3v) is 5.53. The molecule has 1 saturated carbocycles. The molecule has 2 amide bonds. The van der Waals surface area contributed by atoms with Crippen molar-refractivity contribution >= 4 is 11.8 Å². The molecule has 1 fully saturated rings. The monoisotopic (exact) mass is 412 g/mol. The third-order valence-electron chi connectivity index (χ3n) is 5.53. The highest BCUT2D eigenvalue weighted by Gasteiger charge is 2.28. The molecule has 1 aliphatic carbocycles. The van der Waals surface area contributed by atoms with Crippen molar-refractivity contribution in [1.82, 2.24) is 10.2 Å². The van der Waals surface area contributed by atoms with Crippen LogP contribution in [0.1, 0.15) is 38.2 Å². The van der Waals surface area contributed by atoms with E-state index in [-0.39, 0.29) is 30.3 Å². The van der Waals surface area contributed by atoms with Gasteiger partial charge >= 0.3 is 0 Å². The minimum atomic E-state index is -0.598. The van der Waals surface area contributed by atoms with E-state index in [4.69, 9.17) is 4.74 Å². The first-order valence-electron chi connectivity index (χ1n) is 10.5. The van der Waals surface area contributed by atoms with Crippen molar-refractivity contribution in [2.75, 3.05) is 13.2 Å². The highest BCUT2D eigenvalue weighted by molar-refractivity contribution is 5.88. The first kappa shape index (κ1) is 21.8. The fourth-order valence-corrected chi connectivity index (χ4v) is 3.72. The van der Waals surface area contributed by atoms with E-state index in [9.17, 15) is 14.0 Å². The Morgan fingerprint density at radius 1 is 1.10 bits per heavy atom. The predicted octanol–water partition coefficient (Wildman–Crippen LogP) is 3.72. The van der Waals surface area contributed by atoms with Crippen LogP contribution in [0.2, 0.25) is 0 Å². The summed E-state index contributed by atoms with van der Waals surface area (Å²) in [4.78, 5) is 27.3. The van der Waals surface area contributed by atoms with Gasteiger partial charge in [-0.25, -0.2) is 4.39 Å². The van der Waals surface area contributed by atoms with Crippen molar-refractivity contribution in [1.29, 1.82) is 0 Å². The molecule has 1 atom stereocenters. The van der Waals surface area contributed by atoms with E-state index in [1.807, 2.05) is 30.3 Å². The summed E-state index contributed by atoms with van der Waals surface area (Å²) in [5.41, 5.74) is 1.10. The van der Waals surface area contributed by atoms with Crippen molar-refractivity contribution in [3.63, 3.8) is 0 Å². The van der Waals surface area contributed by atoms with Crippen molar-refractivity contribution < 1.29 is 18.7 Å². The lowest BCUT2D eigenvalue weighted by Crippen LogP contribution is -2.51. The number of amides is 2. The Morgan fingerprint density at radius 2 is 1.77 bits per heavy atom. The zero-order valence-corrected chi connectivity index (χ0v) is 17.4. The molecule has 0 unspecified atom stereocenters. The average Bonchev–Trinajstić information content (AvgIpc) is 3.27. The lowest BCUT2D eigenvalue weighted by Gasteiger charge is -2.29. The standard InChI is InChI=1S/C24H29FN2O3/c1-18(24(29)26-21-9-5-6-10-21)27(16-15-19-7-3-2-4-8-19)23(28)17-30-22-13-11-20(25)12-14-22/h2-4,7-8,11-14,18,21H,5-6,9-10,15-17H2,1H3,(H,26,29)/t18-/m0/s1. The van der Waals surface area contributed by atoms with Crippen LogP contribution in [0.15, 0.2) is 54.6 Å². The van der Waals surface area contributed by atoms with E-state index >= 15 is 0 Å². The molecule has 1 N–H and O–H groups in total. The maximum atomic E-state index is 13.1. The highest BCUT2D eigenvalue weighted by Crippen LogP contribution is 2.18. The number of hydrogen-bond acceptors (Lipinski definition) is 3. The highest BCUT2D eigenvalue weighted by atomic mass is 19.1. The fraction of sp³-hybridized carbons (Fsp3) is 0.417. The Hall–Kier alpha value is -2.89. The third kappa shape index (κ3) is 6.31. The summed E-state index contributed by atoms with van der Waals surface area (Å²) in [5, 5.41) is 3.08. The second kappa shape index (κ2) is 10.8. The Kier molecular flexibility index (Phi) is 7.82. The molecular weight excluding hydrogens is 383 g/mol. The van der Waals surface area contributed by atoms with Crippen LogP contribution in [0, 0.1) is 5.82 Å². The van der Waals surface area contributed by atoms with Gasteiger partial charge in [0, 0.05) is 12.6 Å². The van der Waals surface area contributed by atoms with Gasteiger partial charge in [-0.2, -0.15) is 0 Å². The minimum Gasteiger partial charge on any atom is -0.484 e. The lowest BCUT2D eigenvalue weighted by molar-refractivity contribution is -0.141. The van der Waals surface area contributed by atoms with Crippen LogP contribution in [0.25, 0.3) is 0 Å². The number of ether oxygens (including phenoxy) is 1. The molecule has 5 nitrogen and oxygen atoms in total. The van der Waals surface area contributed by atoms with E-state index in [2.05, 4.69) is 5.32 Å². The summed E-state index contributed by atoms with van der Waals surface area (Å²) in [7, 11) is 0. The quantitative estimate of drug-likeness (QED) is 0.683. The lowest BCUT2D eigenvalue weighted by atomic mass is 10.1. The molecule has 0 saturated heterocycles. The Balaban J connectivity index is 1.64. The van der Waals surface area contributed by atoms with Crippen molar-refractivity contribution in [3.8, 4) is 5.75 Å². The summed E-state index contributed by atoms with van der Waals surface area (Å²) >= 11 is 0. The van der Waals surface area contributed by atoms with Gasteiger partial charge in [0.25, 0.3) is 5.91 Å². The van der Waals surface area contributed by atoms with E-state index in [0.29, 0.717) is 18.7 Å². The molecule has 0 spiro atoms. The zero-order valence-electron chi connectivity index (χ0n) is 17.4. The number of halogens is 1. The first-order chi connectivity index (χ1) is 14.5. The Labute approximate surface area is 177 Å². The molecule has 0 heterocycles. The SMILES string of the molecule is C[C@@H](C(=O)NC1CCCC1)N(CCc1ccccc1)C(=O)COc1ccc(F)cc1. The number of nitrogens with one attached hydrogen (secondary N) is 1. The molecule has 2 aromatic rings. The molecule has 3 rings (SSSR count). The van der Waals surface area contributed by atoms with E-state index in [1.54, 1.807) is 11.8 Å². The van der Waals surface area contributed by atoms with Crippen LogP contribution in [-0.2, 0) is 16.0 Å². The molecule has 0 radical (unpaired) electrons. The topological polar surface area (TPSA) is 58.6 Å². The van der Waals surface area contributed by atoms with Crippen molar-refractivity contribution in [3.05, 3.63) is 66.0 Å². The van der Waals surface area contributed by atoms with Gasteiger partial charge < -0.3 is 15.0 Å². The normalized spacial score (nSPS) is 14.9. The fourth-order valence-electron chi connectivity index (χ4n) is 3.72. The molecular formula is C24H29FN2O3. The van der Waals surface area contributed by atoms with Crippen molar-refractivity contribution in [2.24, 2.45) is 0 Å². The van der Waals surface area contributed by atoms with Crippen LogP contribution in [0.5, 0.6) is 5.75 Å². The maximum absolute atomic E-state index is 13.1. The van der Waals surface area contributed by atoms with Gasteiger partial charge in [0.2, 0.25) is 5.91 Å². The molecule has 30 heavy (non-hydrogen) atoms. The van der Waals surface area contributed by atoms with E-state index < -0.39 is 6.04 Å². The molecule has 160 valence electrons. The maximum Gasteiger partial charge on any atom is 0.261 e. The van der Waals surface area contributed by atoms with Gasteiger partial charge in [-0.05, 0) is 56.0 Å². The summed E-state index contributed by atoms with van der Waals surface area (Å²) in [5.74, 6) is -0.361. The smallest absolute Gasteiger partial charge is 0.261 e. The molecule has 1 aliphatic rings. The van der Waals surface area contributed by atoms with Crippen LogP contribution >= 0.6 is 0 Å². The van der Waals surface area contributed by atoms with Gasteiger partial charge in [0.1, 0.15) is 17.6 Å². The van der Waals surface area contributed by atoms with Gasteiger partial charge in [-0.15, -0.1) is 0 Å². The molecule has 2 aromatic carbocycles. The summed E-state index contributed by atoms with van der Waals surface area (Å²) in [6.07, 6.45) is 4.88. The number of hydrogen-bond donors (Lipinski definition) is 1. The molecule has 6 heteroatoms. The van der Waals surface area contributed by atoms with Gasteiger partial charge in [-0.3, -0.25) is 9.59 Å². The van der Waals surface area contributed by atoms with Gasteiger partial charge in [-0.1, -0.05) is 43.2 Å². The molecule has 0 aliphatic heterocycles. The number of nitrogens with zero attached hydrogens (tertiary/aromatic N) is 1. The zero-order chi connectivity index (χ0) is 21.3. The van der Waals surface area contributed by atoms with Crippen LogP contribution < -0.4 is 10.1 Å². The molecule has 0 bridgehead atoms. The Morgan fingerprint density at radius 3 is 2.43 bits per heavy atom. The minimum absolute atomic E-state index is 0.134.